The van der Waals surface area contributed by atoms with Gasteiger partial charge in [-0.3, -0.25) is 9.59 Å². The smallest absolute Gasteiger partial charge is 0.225 e. The zero-order chi connectivity index (χ0) is 21.3. The van der Waals surface area contributed by atoms with E-state index in [1.54, 1.807) is 12.1 Å². The maximum absolute atomic E-state index is 13.1. The lowest BCUT2D eigenvalue weighted by atomic mass is 9.78. The summed E-state index contributed by atoms with van der Waals surface area (Å²) in [6.07, 6.45) is 9.92. The SMILES string of the molecule is CCCCC1CCC(C(=O)N2CCC3(CC2)CC(=O)c2cc(Cl)cc(Cl)c2O3)CC1. The predicted molar refractivity (Wildman–Crippen MR) is 120 cm³/mol. The quantitative estimate of drug-likeness (QED) is 0.537. The first kappa shape index (κ1) is 22.0. The number of nitrogens with zero attached hydrogens (tertiary/aromatic N) is 1. The molecule has 1 saturated carbocycles. The zero-order valence-corrected chi connectivity index (χ0v) is 19.2. The van der Waals surface area contributed by atoms with E-state index in [0.717, 1.165) is 18.8 Å². The van der Waals surface area contributed by atoms with Crippen LogP contribution >= 0.6 is 23.2 Å². The summed E-state index contributed by atoms with van der Waals surface area (Å²) in [5, 5.41) is 0.819. The van der Waals surface area contributed by atoms with E-state index >= 15 is 0 Å². The van der Waals surface area contributed by atoms with E-state index in [1.165, 1.54) is 32.1 Å². The summed E-state index contributed by atoms with van der Waals surface area (Å²) in [5.41, 5.74) is -0.0904. The standard InChI is InChI=1S/C24H31Cl2NO3/c1-2-3-4-16-5-7-17(8-6-16)23(29)27-11-9-24(10-12-27)15-21(28)19-13-18(25)14-20(26)22(19)30-24/h13-14,16-17H,2-12,15H2,1H3. The van der Waals surface area contributed by atoms with Gasteiger partial charge in [-0.05, 0) is 43.7 Å². The maximum Gasteiger partial charge on any atom is 0.225 e. The average molecular weight is 452 g/mol. The molecule has 2 fully saturated rings. The fourth-order valence-electron chi connectivity index (χ4n) is 5.37. The number of hydrogen-bond acceptors (Lipinski definition) is 3. The summed E-state index contributed by atoms with van der Waals surface area (Å²) in [4.78, 5) is 27.8. The number of halogens is 2. The van der Waals surface area contributed by atoms with Gasteiger partial charge in [-0.15, -0.1) is 0 Å². The van der Waals surface area contributed by atoms with Gasteiger partial charge >= 0.3 is 0 Å². The minimum Gasteiger partial charge on any atom is -0.484 e. The number of benzene rings is 1. The molecule has 1 spiro atoms. The molecular formula is C24H31Cl2NO3. The first-order valence-electron chi connectivity index (χ1n) is 11.4. The van der Waals surface area contributed by atoms with Crippen molar-refractivity contribution in [1.29, 1.82) is 0 Å². The van der Waals surface area contributed by atoms with Crippen LogP contribution in [0.2, 0.25) is 10.0 Å². The number of amides is 1. The molecule has 0 bridgehead atoms. The predicted octanol–water partition coefficient (Wildman–Crippen LogP) is 6.32. The molecule has 1 aliphatic carbocycles. The van der Waals surface area contributed by atoms with Gasteiger partial charge in [0.05, 0.1) is 17.0 Å². The molecule has 0 unspecified atom stereocenters. The van der Waals surface area contributed by atoms with Crippen LogP contribution in [0.3, 0.4) is 0 Å². The normalized spacial score (nSPS) is 25.7. The number of carbonyl (C=O) groups is 2. The number of likely N-dealkylation sites (tertiary alicyclic amines) is 1. The van der Waals surface area contributed by atoms with Gasteiger partial charge in [-0.25, -0.2) is 0 Å². The lowest BCUT2D eigenvalue weighted by Gasteiger charge is -2.45. The molecule has 4 nitrogen and oxygen atoms in total. The zero-order valence-electron chi connectivity index (χ0n) is 17.7. The summed E-state index contributed by atoms with van der Waals surface area (Å²) in [7, 11) is 0. The van der Waals surface area contributed by atoms with Crippen LogP contribution in [0.15, 0.2) is 12.1 Å². The van der Waals surface area contributed by atoms with Crippen molar-refractivity contribution >= 4 is 34.9 Å². The van der Waals surface area contributed by atoms with E-state index in [4.69, 9.17) is 27.9 Å². The van der Waals surface area contributed by atoms with Crippen molar-refractivity contribution in [3.8, 4) is 5.75 Å². The van der Waals surface area contributed by atoms with Gasteiger partial charge in [-0.2, -0.15) is 0 Å². The molecule has 0 aromatic heterocycles. The van der Waals surface area contributed by atoms with Crippen LogP contribution in [0.25, 0.3) is 0 Å². The van der Waals surface area contributed by atoms with Gasteiger partial charge in [0.2, 0.25) is 5.91 Å². The van der Waals surface area contributed by atoms with Crippen LogP contribution in [0, 0.1) is 11.8 Å². The number of ether oxygens (including phenoxy) is 1. The molecule has 1 amide bonds. The molecule has 1 aromatic rings. The number of fused-ring (bicyclic) bond motifs is 1. The van der Waals surface area contributed by atoms with E-state index < -0.39 is 5.60 Å². The van der Waals surface area contributed by atoms with Crippen molar-refractivity contribution in [2.75, 3.05) is 13.1 Å². The Morgan fingerprint density at radius 2 is 1.87 bits per heavy atom. The minimum absolute atomic E-state index is 0.0193. The molecule has 30 heavy (non-hydrogen) atoms. The Morgan fingerprint density at radius 3 is 2.53 bits per heavy atom. The van der Waals surface area contributed by atoms with Crippen LogP contribution in [0.1, 0.15) is 81.5 Å². The highest BCUT2D eigenvalue weighted by Gasteiger charge is 2.45. The molecule has 3 aliphatic rings. The van der Waals surface area contributed by atoms with Crippen molar-refractivity contribution in [2.45, 2.75) is 76.7 Å². The largest absolute Gasteiger partial charge is 0.484 e. The van der Waals surface area contributed by atoms with E-state index in [0.29, 0.717) is 59.6 Å². The second-order valence-corrected chi connectivity index (χ2v) is 10.2. The lowest BCUT2D eigenvalue weighted by molar-refractivity contribution is -0.140. The highest BCUT2D eigenvalue weighted by atomic mass is 35.5. The highest BCUT2D eigenvalue weighted by Crippen LogP contribution is 2.44. The molecule has 2 aliphatic heterocycles. The van der Waals surface area contributed by atoms with E-state index in [2.05, 4.69) is 6.92 Å². The van der Waals surface area contributed by atoms with Gasteiger partial charge in [0, 0.05) is 36.9 Å². The number of ketones is 1. The van der Waals surface area contributed by atoms with Crippen molar-refractivity contribution < 1.29 is 14.3 Å². The fraction of sp³-hybridized carbons (Fsp3) is 0.667. The Kier molecular flexibility index (Phi) is 6.64. The van der Waals surface area contributed by atoms with Gasteiger partial charge < -0.3 is 9.64 Å². The molecule has 1 aromatic carbocycles. The molecule has 0 N–H and O–H groups in total. The van der Waals surface area contributed by atoms with Crippen molar-refractivity contribution in [3.63, 3.8) is 0 Å². The van der Waals surface area contributed by atoms with Crippen molar-refractivity contribution in [3.05, 3.63) is 27.7 Å². The van der Waals surface area contributed by atoms with Gasteiger partial charge in [0.25, 0.3) is 0 Å². The number of hydrogen-bond donors (Lipinski definition) is 0. The van der Waals surface area contributed by atoms with Crippen LogP contribution in [0.4, 0.5) is 0 Å². The topological polar surface area (TPSA) is 46.6 Å². The number of rotatable bonds is 4. The van der Waals surface area contributed by atoms with Crippen molar-refractivity contribution in [1.82, 2.24) is 4.90 Å². The number of Topliss-reactive ketones (excluding diaryl/α,β-unsaturated/α-hetero) is 1. The Morgan fingerprint density at radius 1 is 1.17 bits per heavy atom. The molecular weight excluding hydrogens is 421 g/mol. The van der Waals surface area contributed by atoms with Crippen LogP contribution in [0.5, 0.6) is 5.75 Å². The highest BCUT2D eigenvalue weighted by molar-refractivity contribution is 6.36. The minimum atomic E-state index is -0.559. The first-order chi connectivity index (χ1) is 14.4. The van der Waals surface area contributed by atoms with Crippen LogP contribution in [-0.2, 0) is 4.79 Å². The average Bonchev–Trinajstić information content (AvgIpc) is 2.74. The van der Waals surface area contributed by atoms with Gasteiger partial charge in [0.15, 0.2) is 5.78 Å². The Bertz CT molecular complexity index is 809. The van der Waals surface area contributed by atoms with E-state index in [1.807, 2.05) is 4.90 Å². The number of unbranched alkanes of at least 4 members (excludes halogenated alkanes) is 1. The van der Waals surface area contributed by atoms with E-state index in [9.17, 15) is 9.59 Å². The number of piperidine rings is 1. The van der Waals surface area contributed by atoms with E-state index in [-0.39, 0.29) is 11.7 Å². The summed E-state index contributed by atoms with van der Waals surface area (Å²) in [6, 6.07) is 3.25. The lowest BCUT2D eigenvalue weighted by Crippen LogP contribution is -2.53. The molecule has 164 valence electrons. The monoisotopic (exact) mass is 451 g/mol. The Hall–Kier alpha value is -1.26. The fourth-order valence-corrected chi connectivity index (χ4v) is 5.91. The molecule has 0 atom stereocenters. The summed E-state index contributed by atoms with van der Waals surface area (Å²) in [5.74, 6) is 1.74. The molecule has 0 radical (unpaired) electrons. The van der Waals surface area contributed by atoms with Crippen molar-refractivity contribution in [2.24, 2.45) is 11.8 Å². The molecule has 2 heterocycles. The third kappa shape index (κ3) is 4.50. The molecule has 4 rings (SSSR count). The van der Waals surface area contributed by atoms with Crippen LogP contribution in [-0.4, -0.2) is 35.3 Å². The third-order valence-corrected chi connectivity index (χ3v) is 7.76. The number of carbonyl (C=O) groups excluding carboxylic acids is 2. The first-order valence-corrected chi connectivity index (χ1v) is 12.2. The third-order valence-electron chi connectivity index (χ3n) is 7.26. The second-order valence-electron chi connectivity index (χ2n) is 9.33. The maximum atomic E-state index is 13.1. The second kappa shape index (κ2) is 9.08. The summed E-state index contributed by atoms with van der Waals surface area (Å²) in [6.45, 7) is 3.52. The Balaban J connectivity index is 1.35. The summed E-state index contributed by atoms with van der Waals surface area (Å²) < 4.78 is 6.29. The Labute approximate surface area is 189 Å². The van der Waals surface area contributed by atoms with Gasteiger partial charge in [0.1, 0.15) is 11.4 Å². The van der Waals surface area contributed by atoms with Gasteiger partial charge in [-0.1, -0.05) is 49.4 Å². The summed E-state index contributed by atoms with van der Waals surface area (Å²) >= 11 is 12.4. The molecule has 6 heteroatoms. The molecule has 1 saturated heterocycles. The van der Waals surface area contributed by atoms with Crippen LogP contribution < -0.4 is 4.74 Å².